The van der Waals surface area contributed by atoms with Crippen LogP contribution in [0.4, 0.5) is 0 Å². The summed E-state index contributed by atoms with van der Waals surface area (Å²) in [6.07, 6.45) is 0. The predicted octanol–water partition coefficient (Wildman–Crippen LogP) is 1.63. The first kappa shape index (κ1) is 16.0. The summed E-state index contributed by atoms with van der Waals surface area (Å²) in [6.45, 7) is 5.46. The monoisotopic (exact) mass is 334 g/mol. The van der Waals surface area contributed by atoms with E-state index >= 15 is 0 Å². The second-order valence-corrected chi connectivity index (χ2v) is 5.87. The Bertz CT molecular complexity index is 668. The Kier molecular flexibility index (Phi) is 5.27. The van der Waals surface area contributed by atoms with E-state index in [9.17, 15) is 4.79 Å². The largest absolute Gasteiger partial charge is 0.355 e. The van der Waals surface area contributed by atoms with Gasteiger partial charge >= 0.3 is 0 Å². The highest BCUT2D eigenvalue weighted by Gasteiger charge is 2.14. The lowest BCUT2D eigenvalue weighted by Crippen LogP contribution is -2.46. The Balaban J connectivity index is 1.54. The lowest BCUT2D eigenvalue weighted by atomic mass is 10.1. The molecular formula is C16H19ClN4O2. The smallest absolute Gasteiger partial charge is 0.273 e. The molecular weight excluding hydrogens is 316 g/mol. The summed E-state index contributed by atoms with van der Waals surface area (Å²) >= 11 is 5.96. The minimum absolute atomic E-state index is 0.225. The molecule has 122 valence electrons. The van der Waals surface area contributed by atoms with Crippen LogP contribution in [0.25, 0.3) is 11.3 Å². The first-order chi connectivity index (χ1) is 11.2. The predicted molar refractivity (Wildman–Crippen MR) is 88.6 cm³/mol. The number of carbonyl (C=O) groups excluding carboxylic acids is 1. The van der Waals surface area contributed by atoms with Gasteiger partial charge in [0.2, 0.25) is 0 Å². The van der Waals surface area contributed by atoms with Crippen LogP contribution in [0.15, 0.2) is 34.9 Å². The zero-order valence-electron chi connectivity index (χ0n) is 12.7. The summed E-state index contributed by atoms with van der Waals surface area (Å²) in [6, 6.07) is 8.87. The van der Waals surface area contributed by atoms with Crippen molar-refractivity contribution < 1.29 is 9.32 Å². The van der Waals surface area contributed by atoms with Crippen LogP contribution >= 0.6 is 11.6 Å². The Labute approximate surface area is 139 Å². The Morgan fingerprint density at radius 2 is 2.17 bits per heavy atom. The van der Waals surface area contributed by atoms with Gasteiger partial charge in [-0.1, -0.05) is 28.9 Å². The summed E-state index contributed by atoms with van der Waals surface area (Å²) in [5.41, 5.74) is 1.07. The molecule has 1 aromatic heterocycles. The van der Waals surface area contributed by atoms with Crippen molar-refractivity contribution in [3.63, 3.8) is 0 Å². The summed E-state index contributed by atoms with van der Waals surface area (Å²) in [5, 5.41) is 10.6. The fourth-order valence-corrected chi connectivity index (χ4v) is 2.70. The third kappa shape index (κ3) is 4.31. The number of benzene rings is 1. The minimum atomic E-state index is -0.225. The Morgan fingerprint density at radius 3 is 2.96 bits per heavy atom. The van der Waals surface area contributed by atoms with E-state index in [1.54, 1.807) is 18.2 Å². The molecule has 0 unspecified atom stereocenters. The molecule has 1 fully saturated rings. The Hall–Kier alpha value is -1.89. The topological polar surface area (TPSA) is 70.4 Å². The molecule has 6 nitrogen and oxygen atoms in total. The molecule has 0 radical (unpaired) electrons. The average Bonchev–Trinajstić information content (AvgIpc) is 3.06. The summed E-state index contributed by atoms with van der Waals surface area (Å²) < 4.78 is 5.23. The van der Waals surface area contributed by atoms with Gasteiger partial charge in [-0.2, -0.15) is 0 Å². The Morgan fingerprint density at radius 1 is 1.35 bits per heavy atom. The molecule has 0 saturated carbocycles. The molecule has 1 saturated heterocycles. The fraction of sp³-hybridized carbons (Fsp3) is 0.375. The zero-order valence-corrected chi connectivity index (χ0v) is 13.5. The van der Waals surface area contributed by atoms with Gasteiger partial charge in [0, 0.05) is 55.9 Å². The maximum Gasteiger partial charge on any atom is 0.273 e. The highest BCUT2D eigenvalue weighted by molar-refractivity contribution is 6.30. The molecule has 2 heterocycles. The van der Waals surface area contributed by atoms with E-state index in [0.717, 1.165) is 38.3 Å². The van der Waals surface area contributed by atoms with Crippen molar-refractivity contribution in [2.75, 3.05) is 39.3 Å². The minimum Gasteiger partial charge on any atom is -0.355 e. The number of rotatable bonds is 5. The molecule has 0 bridgehead atoms. The molecule has 3 rings (SSSR count). The molecule has 0 aliphatic carbocycles. The first-order valence-corrected chi connectivity index (χ1v) is 8.04. The van der Waals surface area contributed by atoms with Gasteiger partial charge in [-0.3, -0.25) is 9.69 Å². The third-order valence-electron chi connectivity index (χ3n) is 3.78. The number of piperazine rings is 1. The van der Waals surface area contributed by atoms with Crippen LogP contribution in [0.3, 0.4) is 0 Å². The summed E-state index contributed by atoms with van der Waals surface area (Å²) in [7, 11) is 0. The number of nitrogens with one attached hydrogen (secondary N) is 2. The maximum absolute atomic E-state index is 12.1. The molecule has 2 aromatic rings. The van der Waals surface area contributed by atoms with Crippen LogP contribution in [0.1, 0.15) is 10.5 Å². The van der Waals surface area contributed by atoms with Crippen LogP contribution in [0.2, 0.25) is 5.02 Å². The van der Waals surface area contributed by atoms with Gasteiger partial charge in [0.1, 0.15) is 0 Å². The first-order valence-electron chi connectivity index (χ1n) is 7.66. The van der Waals surface area contributed by atoms with Gasteiger partial charge in [0.25, 0.3) is 5.91 Å². The number of aromatic nitrogens is 1. The molecule has 23 heavy (non-hydrogen) atoms. The second-order valence-electron chi connectivity index (χ2n) is 5.43. The van der Waals surface area contributed by atoms with Crippen LogP contribution < -0.4 is 10.6 Å². The summed E-state index contributed by atoms with van der Waals surface area (Å²) in [5.74, 6) is 0.303. The second kappa shape index (κ2) is 7.59. The van der Waals surface area contributed by atoms with Crippen molar-refractivity contribution in [2.45, 2.75) is 0 Å². The highest BCUT2D eigenvalue weighted by Crippen LogP contribution is 2.23. The molecule has 1 amide bonds. The molecule has 0 atom stereocenters. The molecule has 0 spiro atoms. The lowest BCUT2D eigenvalue weighted by Gasteiger charge is -2.26. The molecule has 1 aliphatic rings. The van der Waals surface area contributed by atoms with Crippen molar-refractivity contribution in [3.8, 4) is 11.3 Å². The van der Waals surface area contributed by atoms with Gasteiger partial charge in [0.15, 0.2) is 11.5 Å². The molecule has 2 N–H and O–H groups in total. The maximum atomic E-state index is 12.1. The van der Waals surface area contributed by atoms with Crippen molar-refractivity contribution >= 4 is 17.5 Å². The lowest BCUT2D eigenvalue weighted by molar-refractivity contribution is 0.0938. The van der Waals surface area contributed by atoms with Gasteiger partial charge < -0.3 is 15.2 Å². The van der Waals surface area contributed by atoms with E-state index in [1.807, 2.05) is 12.1 Å². The van der Waals surface area contributed by atoms with Gasteiger partial charge in [-0.15, -0.1) is 0 Å². The molecule has 1 aromatic carbocycles. The van der Waals surface area contributed by atoms with Crippen LogP contribution in [-0.4, -0.2) is 55.2 Å². The van der Waals surface area contributed by atoms with Gasteiger partial charge in [-0.05, 0) is 12.1 Å². The van der Waals surface area contributed by atoms with Crippen LogP contribution in [0, 0.1) is 0 Å². The third-order valence-corrected chi connectivity index (χ3v) is 4.01. The highest BCUT2D eigenvalue weighted by atomic mass is 35.5. The number of carbonyl (C=O) groups is 1. The summed E-state index contributed by atoms with van der Waals surface area (Å²) in [4.78, 5) is 14.4. The molecule has 7 heteroatoms. The standard InChI is InChI=1S/C16H19ClN4O2/c17-13-3-1-2-12(10-13)15-11-14(20-23-15)16(22)19-6-9-21-7-4-18-5-8-21/h1-3,10-11,18H,4-9H2,(H,19,22). The normalized spacial score (nSPS) is 15.5. The quantitative estimate of drug-likeness (QED) is 0.869. The van der Waals surface area contributed by atoms with Crippen LogP contribution in [-0.2, 0) is 0 Å². The number of amides is 1. The van der Waals surface area contributed by atoms with E-state index in [-0.39, 0.29) is 11.6 Å². The number of nitrogens with zero attached hydrogens (tertiary/aromatic N) is 2. The number of halogens is 1. The van der Waals surface area contributed by atoms with Gasteiger partial charge in [-0.25, -0.2) is 0 Å². The average molecular weight is 335 g/mol. The number of hydrogen-bond acceptors (Lipinski definition) is 5. The SMILES string of the molecule is O=C(NCCN1CCNCC1)c1cc(-c2cccc(Cl)c2)on1. The van der Waals surface area contributed by atoms with E-state index in [0.29, 0.717) is 17.3 Å². The van der Waals surface area contributed by atoms with Crippen molar-refractivity contribution in [3.05, 3.63) is 41.0 Å². The van der Waals surface area contributed by atoms with Crippen LogP contribution in [0.5, 0.6) is 0 Å². The van der Waals surface area contributed by atoms with Crippen molar-refractivity contribution in [1.29, 1.82) is 0 Å². The van der Waals surface area contributed by atoms with E-state index in [4.69, 9.17) is 16.1 Å². The van der Waals surface area contributed by atoms with E-state index < -0.39 is 0 Å². The zero-order chi connectivity index (χ0) is 16.1. The number of hydrogen-bond donors (Lipinski definition) is 2. The van der Waals surface area contributed by atoms with E-state index in [2.05, 4.69) is 20.7 Å². The fourth-order valence-electron chi connectivity index (χ4n) is 2.51. The van der Waals surface area contributed by atoms with Gasteiger partial charge in [0.05, 0.1) is 0 Å². The molecule has 1 aliphatic heterocycles. The van der Waals surface area contributed by atoms with Crippen molar-refractivity contribution in [1.82, 2.24) is 20.7 Å². The van der Waals surface area contributed by atoms with E-state index in [1.165, 1.54) is 0 Å². The van der Waals surface area contributed by atoms with Crippen molar-refractivity contribution in [2.24, 2.45) is 0 Å².